The molecule has 4 aliphatic carbocycles. The minimum Gasteiger partial charge on any atom is -0.508 e. The summed E-state index contributed by atoms with van der Waals surface area (Å²) >= 11 is 0. The average Bonchev–Trinajstić information content (AvgIpc) is 3.63. The largest absolute Gasteiger partial charge is 0.508 e. The van der Waals surface area contributed by atoms with E-state index in [1.165, 1.54) is 43.0 Å². The van der Waals surface area contributed by atoms with E-state index in [9.17, 15) is 14.7 Å². The highest BCUT2D eigenvalue weighted by Gasteiger charge is 2.76. The van der Waals surface area contributed by atoms with Gasteiger partial charge in [0.25, 0.3) is 5.91 Å². The molecule has 0 spiro atoms. The monoisotopic (exact) mass is 521 g/mol. The number of phenolic OH excluding ortho intramolecular Hbond substituents is 1. The van der Waals surface area contributed by atoms with Gasteiger partial charge in [-0.05, 0) is 104 Å². The standard InChI is InChI=1S/C33H35N3O3/c37-22-8-7-20-13-28-32-10-9-27-30(33(32,25(20)14-22)11-12-35(28)17-19-5-6-19)21(16-32)18-36(27)31(39)24-15-29(38)34-26-4-2-1-3-23(24)26/h1-4,7-8,14-15,19,21,27-28,30,37H,5-6,9-13,16-18H2,(H,34,38)/t21-,27?,28?,30?,32?,33?/m1/s1. The molecule has 6 nitrogen and oxygen atoms in total. The molecule has 2 N–H and O–H groups in total. The van der Waals surface area contributed by atoms with E-state index in [1.807, 2.05) is 30.3 Å². The number of amides is 1. The minimum atomic E-state index is -0.222. The number of benzene rings is 2. The van der Waals surface area contributed by atoms with Crippen LogP contribution >= 0.6 is 0 Å². The summed E-state index contributed by atoms with van der Waals surface area (Å²) < 4.78 is 0. The van der Waals surface area contributed by atoms with E-state index >= 15 is 0 Å². The van der Waals surface area contributed by atoms with Crippen LogP contribution in [0.15, 0.2) is 53.3 Å². The third kappa shape index (κ3) is 2.81. The van der Waals surface area contributed by atoms with Gasteiger partial charge in [0.05, 0.1) is 5.56 Å². The van der Waals surface area contributed by atoms with E-state index < -0.39 is 0 Å². The lowest BCUT2D eigenvalue weighted by Gasteiger charge is -2.66. The van der Waals surface area contributed by atoms with Gasteiger partial charge in [0.15, 0.2) is 0 Å². The maximum atomic E-state index is 14.3. The van der Waals surface area contributed by atoms with Gasteiger partial charge < -0.3 is 15.0 Å². The molecule has 39 heavy (non-hydrogen) atoms. The predicted molar refractivity (Wildman–Crippen MR) is 149 cm³/mol. The number of aromatic hydroxyl groups is 1. The number of piperidine rings is 1. The number of aromatic amines is 1. The molecule has 4 bridgehead atoms. The number of fused-ring (bicyclic) bond motifs is 2. The van der Waals surface area contributed by atoms with Gasteiger partial charge in [0, 0.05) is 47.6 Å². The van der Waals surface area contributed by atoms with E-state index in [2.05, 4.69) is 26.9 Å². The quantitative estimate of drug-likeness (QED) is 0.534. The fourth-order valence-corrected chi connectivity index (χ4v) is 10.7. The number of H-pyrrole nitrogens is 1. The van der Waals surface area contributed by atoms with Crippen LogP contribution in [0.2, 0.25) is 0 Å². The Balaban J connectivity index is 1.16. The summed E-state index contributed by atoms with van der Waals surface area (Å²) in [5, 5.41) is 11.5. The fraction of sp³-hybridized carbons (Fsp3) is 0.515. The van der Waals surface area contributed by atoms with E-state index in [-0.39, 0.29) is 28.3 Å². The Bertz CT molecular complexity index is 1610. The number of rotatable bonds is 3. The van der Waals surface area contributed by atoms with Crippen LogP contribution in [0.4, 0.5) is 0 Å². The third-order valence-corrected chi connectivity index (χ3v) is 12.0. The number of likely N-dealkylation sites (tertiary alicyclic amines) is 2. The van der Waals surface area contributed by atoms with Gasteiger partial charge in [0.1, 0.15) is 5.75 Å². The zero-order valence-electron chi connectivity index (χ0n) is 22.2. The van der Waals surface area contributed by atoms with Crippen molar-refractivity contribution in [1.29, 1.82) is 0 Å². The van der Waals surface area contributed by atoms with Crippen molar-refractivity contribution in [3.8, 4) is 5.75 Å². The normalized spacial score (nSPS) is 36.2. The zero-order chi connectivity index (χ0) is 26.1. The van der Waals surface area contributed by atoms with E-state index in [0.717, 1.165) is 55.6 Å². The molecule has 6 heteroatoms. The number of para-hydroxylation sites is 1. The van der Waals surface area contributed by atoms with E-state index in [4.69, 9.17) is 0 Å². The van der Waals surface area contributed by atoms with E-state index in [1.54, 1.807) is 0 Å². The molecule has 1 aromatic heterocycles. The van der Waals surface area contributed by atoms with Gasteiger partial charge in [-0.3, -0.25) is 14.5 Å². The lowest BCUT2D eigenvalue weighted by Crippen LogP contribution is -2.69. The van der Waals surface area contributed by atoms with Gasteiger partial charge in [-0.15, -0.1) is 0 Å². The molecule has 1 amide bonds. The summed E-state index contributed by atoms with van der Waals surface area (Å²) in [6.07, 6.45) is 8.34. The molecular formula is C33H35N3O3. The van der Waals surface area contributed by atoms with Crippen molar-refractivity contribution in [2.45, 2.75) is 62.4 Å². The van der Waals surface area contributed by atoms with Crippen molar-refractivity contribution in [3.63, 3.8) is 0 Å². The molecule has 5 unspecified atom stereocenters. The first kappa shape index (κ1) is 22.7. The van der Waals surface area contributed by atoms with Gasteiger partial charge >= 0.3 is 0 Å². The summed E-state index contributed by atoms with van der Waals surface area (Å²) in [7, 11) is 0. The van der Waals surface area contributed by atoms with Crippen molar-refractivity contribution in [2.75, 3.05) is 19.6 Å². The van der Waals surface area contributed by atoms with Gasteiger partial charge in [-0.25, -0.2) is 0 Å². The minimum absolute atomic E-state index is 0.00950. The van der Waals surface area contributed by atoms with Crippen molar-refractivity contribution in [3.05, 3.63) is 75.6 Å². The summed E-state index contributed by atoms with van der Waals surface area (Å²) in [5.41, 5.74) is 4.08. The molecule has 3 aromatic rings. The van der Waals surface area contributed by atoms with Gasteiger partial charge in [0.2, 0.25) is 5.56 Å². The Morgan fingerprint density at radius 1 is 1.08 bits per heavy atom. The fourth-order valence-electron chi connectivity index (χ4n) is 10.7. The number of carbonyl (C=O) groups is 1. The summed E-state index contributed by atoms with van der Waals surface area (Å²) in [4.78, 5) is 34.7. The van der Waals surface area contributed by atoms with Crippen LogP contribution in [0.25, 0.3) is 10.9 Å². The first-order chi connectivity index (χ1) is 19.0. The number of phenols is 1. The summed E-state index contributed by atoms with van der Waals surface area (Å²) in [5.74, 6) is 2.14. The lowest BCUT2D eigenvalue weighted by molar-refractivity contribution is -0.102. The highest BCUT2D eigenvalue weighted by molar-refractivity contribution is 6.06. The number of aromatic nitrogens is 1. The smallest absolute Gasteiger partial charge is 0.255 e. The third-order valence-electron chi connectivity index (χ3n) is 12.0. The summed E-state index contributed by atoms with van der Waals surface area (Å²) in [6, 6.07) is 16.1. The number of nitrogens with zero attached hydrogens (tertiary/aromatic N) is 2. The van der Waals surface area contributed by atoms with Crippen LogP contribution in [0, 0.1) is 23.2 Å². The Morgan fingerprint density at radius 2 is 1.95 bits per heavy atom. The molecule has 6 atom stereocenters. The van der Waals surface area contributed by atoms with Crippen LogP contribution in [-0.4, -0.2) is 57.5 Å². The van der Waals surface area contributed by atoms with Crippen LogP contribution in [0.5, 0.6) is 5.75 Å². The average molecular weight is 522 g/mol. The van der Waals surface area contributed by atoms with Crippen LogP contribution < -0.4 is 5.56 Å². The second-order valence-electron chi connectivity index (χ2n) is 13.5. The molecular weight excluding hydrogens is 486 g/mol. The number of hydrogen-bond acceptors (Lipinski definition) is 4. The maximum absolute atomic E-state index is 14.3. The molecule has 6 aliphatic rings. The number of hydrogen-bond donors (Lipinski definition) is 2. The lowest BCUT2D eigenvalue weighted by atomic mass is 9.43. The Labute approximate surface area is 228 Å². The van der Waals surface area contributed by atoms with Gasteiger partial charge in [-0.2, -0.15) is 0 Å². The summed E-state index contributed by atoms with van der Waals surface area (Å²) in [6.45, 7) is 3.15. The number of carbonyl (C=O) groups excluding carboxylic acids is 1. The highest BCUT2D eigenvalue weighted by Crippen LogP contribution is 2.75. The number of nitrogens with one attached hydrogen (secondary N) is 1. The molecule has 9 rings (SSSR count). The topological polar surface area (TPSA) is 76.6 Å². The van der Waals surface area contributed by atoms with Crippen LogP contribution in [-0.2, 0) is 11.8 Å². The Hall–Kier alpha value is -3.12. The molecule has 2 aromatic carbocycles. The first-order valence-electron chi connectivity index (χ1n) is 15.0. The van der Waals surface area contributed by atoms with Gasteiger partial charge in [-0.1, -0.05) is 24.3 Å². The second kappa shape index (κ2) is 7.54. The molecule has 0 radical (unpaired) electrons. The molecule has 2 aliphatic heterocycles. The molecule has 3 saturated carbocycles. The zero-order valence-corrected chi connectivity index (χ0v) is 22.2. The molecule has 2 saturated heterocycles. The molecule has 3 heterocycles. The number of pyridine rings is 1. The Kier molecular flexibility index (Phi) is 4.38. The Morgan fingerprint density at radius 3 is 2.82 bits per heavy atom. The predicted octanol–water partition coefficient (Wildman–Crippen LogP) is 4.45. The molecule has 200 valence electrons. The van der Waals surface area contributed by atoms with Crippen LogP contribution in [0.1, 0.15) is 60.0 Å². The maximum Gasteiger partial charge on any atom is 0.255 e. The second-order valence-corrected chi connectivity index (χ2v) is 13.5. The van der Waals surface area contributed by atoms with Crippen molar-refractivity contribution >= 4 is 16.8 Å². The van der Waals surface area contributed by atoms with Crippen molar-refractivity contribution in [2.24, 2.45) is 23.2 Å². The van der Waals surface area contributed by atoms with Crippen molar-refractivity contribution in [1.82, 2.24) is 14.8 Å². The van der Waals surface area contributed by atoms with E-state index in [0.29, 0.717) is 29.2 Å². The van der Waals surface area contributed by atoms with Crippen molar-refractivity contribution < 1.29 is 9.90 Å². The van der Waals surface area contributed by atoms with Crippen LogP contribution in [0.3, 0.4) is 0 Å². The SMILES string of the molecule is O=C(c1cc(=O)[nH]c2ccccc12)N1C[C@H]2CC34CCC1C2C31CCN(CC2CC2)C4Cc2ccc(O)cc21. The first-order valence-corrected chi connectivity index (χ1v) is 15.0. The highest BCUT2D eigenvalue weighted by atomic mass is 16.3. The molecule has 5 fully saturated rings.